The molecule has 120 valence electrons. The molecule has 2 atom stereocenters. The number of hydrogen-bond acceptors (Lipinski definition) is 3. The van der Waals surface area contributed by atoms with Gasteiger partial charge in [0.2, 0.25) is 0 Å². The summed E-state index contributed by atoms with van der Waals surface area (Å²) in [6.45, 7) is 3.75. The average Bonchev–Trinajstić information content (AvgIpc) is 2.41. The van der Waals surface area contributed by atoms with Gasteiger partial charge in [0.1, 0.15) is 0 Å². The van der Waals surface area contributed by atoms with Crippen LogP contribution in [0.5, 0.6) is 0 Å². The number of aromatic carboxylic acids is 1. The van der Waals surface area contributed by atoms with E-state index >= 15 is 0 Å². The molecule has 4 nitrogen and oxygen atoms in total. The first-order chi connectivity index (χ1) is 10.6. The first kappa shape index (κ1) is 15.5. The van der Waals surface area contributed by atoms with Gasteiger partial charge < -0.3 is 9.84 Å². The van der Waals surface area contributed by atoms with Crippen LogP contribution in [0.4, 0.5) is 0 Å². The Kier molecular flexibility index (Phi) is 4.24. The molecule has 0 saturated heterocycles. The van der Waals surface area contributed by atoms with Crippen LogP contribution >= 0.6 is 0 Å². The molecule has 2 aliphatic carbocycles. The molecular weight excluding hydrogens is 278 g/mol. The zero-order valence-electron chi connectivity index (χ0n) is 13.4. The van der Waals surface area contributed by atoms with Crippen molar-refractivity contribution in [3.05, 3.63) is 35.4 Å². The van der Waals surface area contributed by atoms with Crippen molar-refractivity contribution in [1.82, 2.24) is 4.90 Å². The Morgan fingerprint density at radius 3 is 2.55 bits per heavy atom. The monoisotopic (exact) mass is 303 g/mol. The molecule has 0 amide bonds. The minimum atomic E-state index is -0.869. The molecule has 1 aromatic carbocycles. The van der Waals surface area contributed by atoms with Crippen LogP contribution in [0.1, 0.15) is 48.5 Å². The summed E-state index contributed by atoms with van der Waals surface area (Å²) >= 11 is 0. The van der Waals surface area contributed by atoms with Crippen molar-refractivity contribution in [3.63, 3.8) is 0 Å². The first-order valence-electron chi connectivity index (χ1n) is 8.21. The summed E-state index contributed by atoms with van der Waals surface area (Å²) in [5.74, 6) is -0.869. The SMILES string of the molecule is CCOC1CC(N(C)Cc2ccc(C(=O)O)cc2)C12CCC2. The highest BCUT2D eigenvalue weighted by Crippen LogP contribution is 2.59. The first-order valence-corrected chi connectivity index (χ1v) is 8.21. The van der Waals surface area contributed by atoms with Gasteiger partial charge >= 0.3 is 5.97 Å². The van der Waals surface area contributed by atoms with Crippen LogP contribution in [-0.4, -0.2) is 41.8 Å². The van der Waals surface area contributed by atoms with Crippen molar-refractivity contribution in [2.75, 3.05) is 13.7 Å². The van der Waals surface area contributed by atoms with Gasteiger partial charge in [0.25, 0.3) is 0 Å². The molecule has 2 saturated carbocycles. The van der Waals surface area contributed by atoms with Crippen molar-refractivity contribution in [3.8, 4) is 0 Å². The molecule has 0 bridgehead atoms. The summed E-state index contributed by atoms with van der Waals surface area (Å²) in [7, 11) is 2.18. The van der Waals surface area contributed by atoms with Gasteiger partial charge in [-0.25, -0.2) is 4.79 Å². The van der Waals surface area contributed by atoms with Gasteiger partial charge in [-0.05, 0) is 50.9 Å². The largest absolute Gasteiger partial charge is 0.478 e. The Hall–Kier alpha value is -1.39. The zero-order valence-corrected chi connectivity index (χ0v) is 13.4. The predicted molar refractivity (Wildman–Crippen MR) is 85.0 cm³/mol. The number of carboxylic acids is 1. The number of carbonyl (C=O) groups is 1. The van der Waals surface area contributed by atoms with Crippen LogP contribution in [0.15, 0.2) is 24.3 Å². The lowest BCUT2D eigenvalue weighted by Gasteiger charge is -2.63. The van der Waals surface area contributed by atoms with Crippen LogP contribution in [0.3, 0.4) is 0 Å². The molecule has 0 aliphatic heterocycles. The van der Waals surface area contributed by atoms with Crippen molar-refractivity contribution < 1.29 is 14.6 Å². The van der Waals surface area contributed by atoms with Gasteiger partial charge in [-0.15, -0.1) is 0 Å². The van der Waals surface area contributed by atoms with Crippen LogP contribution in [0.2, 0.25) is 0 Å². The second-order valence-electron chi connectivity index (χ2n) is 6.70. The fourth-order valence-corrected chi connectivity index (χ4v) is 4.17. The molecule has 1 aromatic rings. The number of hydrogen-bond donors (Lipinski definition) is 1. The summed E-state index contributed by atoms with van der Waals surface area (Å²) in [5.41, 5.74) is 1.90. The number of rotatable bonds is 6. The second kappa shape index (κ2) is 6.01. The fraction of sp³-hybridized carbons (Fsp3) is 0.611. The van der Waals surface area contributed by atoms with Gasteiger partial charge in [-0.3, -0.25) is 4.90 Å². The Labute approximate surface area is 132 Å². The maximum atomic E-state index is 10.9. The van der Waals surface area contributed by atoms with Crippen molar-refractivity contribution >= 4 is 5.97 Å². The summed E-state index contributed by atoms with van der Waals surface area (Å²) in [5, 5.41) is 8.96. The van der Waals surface area contributed by atoms with E-state index in [9.17, 15) is 4.79 Å². The highest BCUT2D eigenvalue weighted by molar-refractivity contribution is 5.87. The van der Waals surface area contributed by atoms with Gasteiger partial charge in [0, 0.05) is 24.6 Å². The maximum Gasteiger partial charge on any atom is 0.335 e. The molecule has 22 heavy (non-hydrogen) atoms. The van der Waals surface area contributed by atoms with E-state index in [2.05, 4.69) is 18.9 Å². The molecule has 2 fully saturated rings. The molecule has 4 heteroatoms. The molecule has 0 heterocycles. The Bertz CT molecular complexity index is 536. The van der Waals surface area contributed by atoms with E-state index in [1.165, 1.54) is 24.8 Å². The van der Waals surface area contributed by atoms with E-state index in [1.54, 1.807) is 12.1 Å². The quantitative estimate of drug-likeness (QED) is 0.877. The minimum Gasteiger partial charge on any atom is -0.478 e. The van der Waals surface area contributed by atoms with Gasteiger partial charge in [-0.1, -0.05) is 18.6 Å². The van der Waals surface area contributed by atoms with Crippen LogP contribution in [0.25, 0.3) is 0 Å². The molecule has 0 aromatic heterocycles. The Morgan fingerprint density at radius 1 is 1.36 bits per heavy atom. The Balaban J connectivity index is 1.62. The molecule has 1 spiro atoms. The lowest BCUT2D eigenvalue weighted by atomic mass is 9.50. The summed E-state index contributed by atoms with van der Waals surface area (Å²) in [4.78, 5) is 13.3. The van der Waals surface area contributed by atoms with Crippen LogP contribution in [0, 0.1) is 5.41 Å². The third kappa shape index (κ3) is 2.55. The normalized spacial score (nSPS) is 25.8. The molecule has 2 unspecified atom stereocenters. The number of carboxylic acid groups (broad SMARTS) is 1. The van der Waals surface area contributed by atoms with Gasteiger partial charge in [0.15, 0.2) is 0 Å². The molecular formula is C18H25NO3. The fourth-order valence-electron chi connectivity index (χ4n) is 4.17. The standard InChI is InChI=1S/C18H25NO3/c1-3-22-16-11-15(18(16)9-4-10-18)19(2)12-13-5-7-14(8-6-13)17(20)21/h5-8,15-16H,3-4,9-12H2,1-2H3,(H,20,21). The summed E-state index contributed by atoms with van der Waals surface area (Å²) < 4.78 is 5.92. The molecule has 0 radical (unpaired) electrons. The topological polar surface area (TPSA) is 49.8 Å². The minimum absolute atomic E-state index is 0.349. The zero-order chi connectivity index (χ0) is 15.7. The summed E-state index contributed by atoms with van der Waals surface area (Å²) in [6.07, 6.45) is 5.45. The van der Waals surface area contributed by atoms with E-state index in [0.29, 0.717) is 23.1 Å². The van der Waals surface area contributed by atoms with Crippen molar-refractivity contribution in [2.24, 2.45) is 5.41 Å². The summed E-state index contributed by atoms with van der Waals surface area (Å²) in [6, 6.07) is 7.82. The van der Waals surface area contributed by atoms with Gasteiger partial charge in [-0.2, -0.15) is 0 Å². The Morgan fingerprint density at radius 2 is 2.05 bits per heavy atom. The third-order valence-electron chi connectivity index (χ3n) is 5.56. The number of nitrogens with zero attached hydrogens (tertiary/aromatic N) is 1. The van der Waals surface area contributed by atoms with E-state index in [-0.39, 0.29) is 0 Å². The molecule has 3 rings (SSSR count). The lowest BCUT2D eigenvalue weighted by Crippen LogP contribution is -2.66. The number of benzene rings is 1. The average molecular weight is 303 g/mol. The predicted octanol–water partition coefficient (Wildman–Crippen LogP) is 3.16. The van der Waals surface area contributed by atoms with E-state index in [0.717, 1.165) is 19.6 Å². The number of ether oxygens (including phenoxy) is 1. The van der Waals surface area contributed by atoms with E-state index in [4.69, 9.17) is 9.84 Å². The lowest BCUT2D eigenvalue weighted by molar-refractivity contribution is -0.201. The van der Waals surface area contributed by atoms with E-state index < -0.39 is 5.97 Å². The molecule has 1 N–H and O–H groups in total. The third-order valence-corrected chi connectivity index (χ3v) is 5.56. The van der Waals surface area contributed by atoms with Gasteiger partial charge in [0.05, 0.1) is 11.7 Å². The maximum absolute atomic E-state index is 10.9. The van der Waals surface area contributed by atoms with Crippen molar-refractivity contribution in [2.45, 2.75) is 51.3 Å². The molecule has 2 aliphatic rings. The highest BCUT2D eigenvalue weighted by atomic mass is 16.5. The van der Waals surface area contributed by atoms with Crippen molar-refractivity contribution in [1.29, 1.82) is 0 Å². The van der Waals surface area contributed by atoms with E-state index in [1.807, 2.05) is 12.1 Å². The highest BCUT2D eigenvalue weighted by Gasteiger charge is 2.59. The van der Waals surface area contributed by atoms with Crippen LogP contribution in [-0.2, 0) is 11.3 Å². The second-order valence-corrected chi connectivity index (χ2v) is 6.70. The van der Waals surface area contributed by atoms with Crippen LogP contribution < -0.4 is 0 Å². The smallest absolute Gasteiger partial charge is 0.335 e.